The molecule has 0 heterocycles. The summed E-state index contributed by atoms with van der Waals surface area (Å²) in [5, 5.41) is 9.74. The fraction of sp³-hybridized carbons (Fsp3) is 0.111. The van der Waals surface area contributed by atoms with E-state index in [-0.39, 0.29) is 0 Å². The SMILES string of the molecule is [O]C#CCc1ccccc1. The van der Waals surface area contributed by atoms with Crippen molar-refractivity contribution < 1.29 is 5.11 Å². The predicted octanol–water partition coefficient (Wildman–Crippen LogP) is 1.62. The zero-order chi connectivity index (χ0) is 7.23. The lowest BCUT2D eigenvalue weighted by Crippen LogP contribution is -1.77. The predicted molar refractivity (Wildman–Crippen MR) is 38.6 cm³/mol. The van der Waals surface area contributed by atoms with E-state index in [2.05, 4.69) is 5.92 Å². The van der Waals surface area contributed by atoms with Gasteiger partial charge in [-0.2, -0.15) is 0 Å². The highest BCUT2D eigenvalue weighted by molar-refractivity contribution is 5.19. The molecule has 0 saturated carbocycles. The van der Waals surface area contributed by atoms with Crippen LogP contribution >= 0.6 is 0 Å². The lowest BCUT2D eigenvalue weighted by Gasteiger charge is -1.89. The Bertz CT molecular complexity index is 240. The molecule has 1 aromatic carbocycles. The molecule has 0 N–H and O–H groups in total. The number of benzene rings is 1. The van der Waals surface area contributed by atoms with E-state index in [1.165, 1.54) is 0 Å². The molecule has 0 unspecified atom stereocenters. The highest BCUT2D eigenvalue weighted by Gasteiger charge is 1.83. The maximum absolute atomic E-state index is 9.74. The van der Waals surface area contributed by atoms with E-state index in [4.69, 9.17) is 0 Å². The van der Waals surface area contributed by atoms with Crippen molar-refractivity contribution in [1.29, 1.82) is 0 Å². The maximum Gasteiger partial charge on any atom is 0.172 e. The highest BCUT2D eigenvalue weighted by atomic mass is 16.2. The van der Waals surface area contributed by atoms with Crippen LogP contribution in [0.1, 0.15) is 5.56 Å². The second-order valence-corrected chi connectivity index (χ2v) is 1.94. The number of hydrogen-bond acceptors (Lipinski definition) is 0. The average Bonchev–Trinajstić information content (AvgIpc) is 2.03. The molecular formula is C9H7O. The van der Waals surface area contributed by atoms with E-state index >= 15 is 0 Å². The molecule has 0 saturated heterocycles. The van der Waals surface area contributed by atoms with Gasteiger partial charge in [-0.25, -0.2) is 5.11 Å². The fourth-order valence-corrected chi connectivity index (χ4v) is 0.734. The van der Waals surface area contributed by atoms with Crippen LogP contribution in [-0.4, -0.2) is 0 Å². The zero-order valence-corrected chi connectivity index (χ0v) is 5.50. The van der Waals surface area contributed by atoms with E-state index < -0.39 is 0 Å². The molecule has 0 atom stereocenters. The highest BCUT2D eigenvalue weighted by Crippen LogP contribution is 1.97. The van der Waals surface area contributed by atoms with Crippen molar-refractivity contribution in [2.45, 2.75) is 6.42 Å². The minimum absolute atomic E-state index is 0.560. The largest absolute Gasteiger partial charge is 0.224 e. The Kier molecular flexibility index (Phi) is 2.39. The summed E-state index contributed by atoms with van der Waals surface area (Å²) in [7, 11) is 0. The van der Waals surface area contributed by atoms with Crippen LogP contribution in [0.25, 0.3) is 0 Å². The third-order valence-electron chi connectivity index (χ3n) is 1.21. The Labute approximate surface area is 60.3 Å². The fourth-order valence-electron chi connectivity index (χ4n) is 0.734. The number of hydrogen-bond donors (Lipinski definition) is 0. The molecule has 0 aliphatic heterocycles. The van der Waals surface area contributed by atoms with Gasteiger partial charge in [-0.05, 0) is 11.5 Å². The lowest BCUT2D eigenvalue weighted by molar-refractivity contribution is 0.391. The summed E-state index contributed by atoms with van der Waals surface area (Å²) in [6.45, 7) is 0. The molecule has 0 bridgehead atoms. The van der Waals surface area contributed by atoms with Crippen LogP contribution in [0, 0.1) is 12.0 Å². The summed E-state index contributed by atoms with van der Waals surface area (Å²) in [6, 6.07) is 9.70. The standard InChI is InChI=1S/C9H7O/c10-8-4-7-9-5-2-1-3-6-9/h1-3,5-6H,7H2. The van der Waals surface area contributed by atoms with E-state index in [1.54, 1.807) is 6.11 Å². The Hall–Kier alpha value is -1.42. The average molecular weight is 131 g/mol. The van der Waals surface area contributed by atoms with E-state index in [0.29, 0.717) is 6.42 Å². The quantitative estimate of drug-likeness (QED) is 0.516. The van der Waals surface area contributed by atoms with Crippen LogP contribution in [0.2, 0.25) is 0 Å². The third-order valence-corrected chi connectivity index (χ3v) is 1.21. The summed E-state index contributed by atoms with van der Waals surface area (Å²) in [6.07, 6.45) is 2.18. The Morgan fingerprint density at radius 3 is 2.50 bits per heavy atom. The molecule has 0 fully saturated rings. The van der Waals surface area contributed by atoms with Gasteiger partial charge in [0.1, 0.15) is 0 Å². The van der Waals surface area contributed by atoms with Crippen LogP contribution in [0.15, 0.2) is 30.3 Å². The molecule has 1 rings (SSSR count). The molecule has 0 amide bonds. The molecule has 49 valence electrons. The second-order valence-electron chi connectivity index (χ2n) is 1.94. The van der Waals surface area contributed by atoms with Crippen molar-refractivity contribution in [2.24, 2.45) is 0 Å². The molecule has 1 radical (unpaired) electrons. The summed E-state index contributed by atoms with van der Waals surface area (Å²) in [5.41, 5.74) is 1.09. The van der Waals surface area contributed by atoms with Gasteiger partial charge in [-0.15, -0.1) is 0 Å². The van der Waals surface area contributed by atoms with Crippen molar-refractivity contribution in [3.8, 4) is 12.0 Å². The van der Waals surface area contributed by atoms with E-state index in [1.807, 2.05) is 30.3 Å². The second kappa shape index (κ2) is 3.58. The van der Waals surface area contributed by atoms with Gasteiger partial charge in [-0.1, -0.05) is 30.3 Å². The molecule has 1 aromatic rings. The van der Waals surface area contributed by atoms with Crippen LogP contribution < -0.4 is 0 Å². The Balaban J connectivity index is 2.64. The summed E-state index contributed by atoms with van der Waals surface area (Å²) in [5.74, 6) is 2.46. The Morgan fingerprint density at radius 1 is 1.20 bits per heavy atom. The first-order valence-corrected chi connectivity index (χ1v) is 3.07. The van der Waals surface area contributed by atoms with Gasteiger partial charge in [-0.3, -0.25) is 0 Å². The van der Waals surface area contributed by atoms with Gasteiger partial charge in [0.05, 0.1) is 0 Å². The Morgan fingerprint density at radius 2 is 1.90 bits per heavy atom. The summed E-state index contributed by atoms with van der Waals surface area (Å²) >= 11 is 0. The maximum atomic E-state index is 9.74. The topological polar surface area (TPSA) is 19.9 Å². The molecular weight excluding hydrogens is 124 g/mol. The van der Waals surface area contributed by atoms with Gasteiger partial charge in [0.25, 0.3) is 0 Å². The van der Waals surface area contributed by atoms with Crippen LogP contribution in [0.5, 0.6) is 0 Å². The van der Waals surface area contributed by atoms with Crippen molar-refractivity contribution in [3.05, 3.63) is 35.9 Å². The van der Waals surface area contributed by atoms with Crippen LogP contribution in [-0.2, 0) is 11.5 Å². The minimum Gasteiger partial charge on any atom is -0.224 e. The first kappa shape index (κ1) is 6.70. The van der Waals surface area contributed by atoms with Gasteiger partial charge in [0.15, 0.2) is 6.11 Å². The zero-order valence-electron chi connectivity index (χ0n) is 5.50. The van der Waals surface area contributed by atoms with Crippen molar-refractivity contribution in [1.82, 2.24) is 0 Å². The van der Waals surface area contributed by atoms with Gasteiger partial charge < -0.3 is 0 Å². The summed E-state index contributed by atoms with van der Waals surface area (Å²) < 4.78 is 0. The van der Waals surface area contributed by atoms with Crippen LogP contribution in [0.3, 0.4) is 0 Å². The molecule has 0 aliphatic carbocycles. The van der Waals surface area contributed by atoms with Crippen molar-refractivity contribution in [2.75, 3.05) is 0 Å². The normalized spacial score (nSPS) is 8.00. The molecule has 10 heavy (non-hydrogen) atoms. The minimum atomic E-state index is 0.560. The van der Waals surface area contributed by atoms with E-state index in [9.17, 15) is 5.11 Å². The summed E-state index contributed by atoms with van der Waals surface area (Å²) in [4.78, 5) is 0. The molecule has 0 aliphatic rings. The van der Waals surface area contributed by atoms with Crippen molar-refractivity contribution in [3.63, 3.8) is 0 Å². The molecule has 0 aromatic heterocycles. The molecule has 1 nitrogen and oxygen atoms in total. The van der Waals surface area contributed by atoms with Gasteiger partial charge >= 0.3 is 0 Å². The van der Waals surface area contributed by atoms with Gasteiger partial charge in [0, 0.05) is 6.42 Å². The van der Waals surface area contributed by atoms with Gasteiger partial charge in [0.2, 0.25) is 0 Å². The van der Waals surface area contributed by atoms with E-state index in [0.717, 1.165) is 5.56 Å². The monoisotopic (exact) mass is 131 g/mol. The lowest BCUT2D eigenvalue weighted by atomic mass is 10.2. The van der Waals surface area contributed by atoms with Crippen LogP contribution in [0.4, 0.5) is 0 Å². The smallest absolute Gasteiger partial charge is 0.172 e. The van der Waals surface area contributed by atoms with Crippen molar-refractivity contribution >= 4 is 0 Å². The third kappa shape index (κ3) is 1.83. The number of rotatable bonds is 1. The molecule has 1 heteroatoms. The first-order valence-electron chi connectivity index (χ1n) is 3.07. The molecule has 0 spiro atoms. The first-order chi connectivity index (χ1) is 4.93.